The Bertz CT molecular complexity index is 2770. The zero-order valence-electron chi connectivity index (χ0n) is 37.9. The fourth-order valence-corrected chi connectivity index (χ4v) is 9.96. The van der Waals surface area contributed by atoms with E-state index in [-0.39, 0.29) is 51.7 Å². The molecule has 5 aromatic rings. The van der Waals surface area contributed by atoms with Crippen molar-refractivity contribution in [1.82, 2.24) is 19.8 Å². The van der Waals surface area contributed by atoms with Crippen LogP contribution >= 0.6 is 34.7 Å². The molecule has 3 aromatic carbocycles. The van der Waals surface area contributed by atoms with Crippen molar-refractivity contribution in [1.29, 1.82) is 0 Å². The normalized spacial score (nSPS) is 16.6. The van der Waals surface area contributed by atoms with Crippen molar-refractivity contribution in [3.63, 3.8) is 0 Å². The molecule has 2 aromatic heterocycles. The molecule has 3 aliphatic heterocycles. The van der Waals surface area contributed by atoms with Crippen LogP contribution in [0.1, 0.15) is 66.6 Å². The molecule has 4 N–H and O–H groups in total. The van der Waals surface area contributed by atoms with Gasteiger partial charge < -0.3 is 39.1 Å². The van der Waals surface area contributed by atoms with Gasteiger partial charge in [-0.05, 0) is 86.7 Å². The number of hydrogen-bond acceptors (Lipinski definition) is 14. The van der Waals surface area contributed by atoms with Gasteiger partial charge in [-0.25, -0.2) is 18.9 Å². The number of oxime groups is 1. The summed E-state index contributed by atoms with van der Waals surface area (Å²) in [7, 11) is 3.21. The van der Waals surface area contributed by atoms with E-state index in [1.54, 1.807) is 52.0 Å². The number of ether oxygens (including phenoxy) is 5. The van der Waals surface area contributed by atoms with E-state index in [0.717, 1.165) is 58.9 Å². The van der Waals surface area contributed by atoms with Gasteiger partial charge in [0.25, 0.3) is 23.5 Å². The van der Waals surface area contributed by atoms with E-state index in [9.17, 15) is 24.4 Å². The van der Waals surface area contributed by atoms with Crippen LogP contribution in [0.2, 0.25) is 5.02 Å². The maximum absolute atomic E-state index is 14.1. The van der Waals surface area contributed by atoms with Crippen LogP contribution in [0.15, 0.2) is 89.2 Å². The number of carbonyl (C=O) groups is 4. The maximum Gasteiger partial charge on any atom is 0.413 e. The van der Waals surface area contributed by atoms with Crippen molar-refractivity contribution in [3.8, 4) is 23.0 Å². The monoisotopic (exact) mass is 985 g/mol. The lowest BCUT2D eigenvalue weighted by atomic mass is 10.1. The number of thioether (sulfide) groups is 1. The summed E-state index contributed by atoms with van der Waals surface area (Å²) in [4.78, 5) is 58.8. The lowest BCUT2D eigenvalue weighted by Crippen LogP contribution is -2.69. The van der Waals surface area contributed by atoms with Crippen LogP contribution in [0.4, 0.5) is 15.7 Å². The molecule has 0 saturated carbocycles. The molecule has 8 rings (SSSR count). The number of anilines is 2. The number of aromatic nitrogens is 3. The van der Waals surface area contributed by atoms with Gasteiger partial charge >= 0.3 is 6.09 Å². The molecule has 0 spiro atoms. The number of methoxy groups -OCH3 is 2. The highest BCUT2D eigenvalue weighted by atomic mass is 35.5. The Hall–Kier alpha value is -6.77. The summed E-state index contributed by atoms with van der Waals surface area (Å²) in [6, 6.07) is 17.4. The molecule has 68 heavy (non-hydrogen) atoms. The summed E-state index contributed by atoms with van der Waals surface area (Å²) in [5, 5.41) is 22.5. The third-order valence-electron chi connectivity index (χ3n) is 11.1. The van der Waals surface area contributed by atoms with E-state index in [1.165, 1.54) is 17.1 Å². The first kappa shape index (κ1) is 47.7. The third-order valence-corrected chi connectivity index (χ3v) is 13.6. The smallest absolute Gasteiger partial charge is 0.413 e. The Kier molecular flexibility index (Phi) is 14.5. The second-order valence-corrected chi connectivity index (χ2v) is 19.3. The first-order chi connectivity index (χ1) is 32.7. The topological polar surface area (TPSA) is 208 Å². The predicted octanol–water partition coefficient (Wildman–Crippen LogP) is 7.16. The zero-order valence-corrected chi connectivity index (χ0v) is 40.3. The summed E-state index contributed by atoms with van der Waals surface area (Å²) in [5.41, 5.74) is 1.78. The van der Waals surface area contributed by atoms with Gasteiger partial charge in [0.05, 0.1) is 31.4 Å². The van der Waals surface area contributed by atoms with Crippen LogP contribution in [0, 0.1) is 0 Å². The molecule has 0 unspecified atom stereocenters. The van der Waals surface area contributed by atoms with Gasteiger partial charge in [0, 0.05) is 23.8 Å². The van der Waals surface area contributed by atoms with Crippen LogP contribution in [0.25, 0.3) is 0 Å². The first-order valence-corrected chi connectivity index (χ1v) is 23.9. The van der Waals surface area contributed by atoms with Crippen LogP contribution in [0.3, 0.4) is 0 Å². The quantitative estimate of drug-likeness (QED) is 0.0256. The molecule has 0 bridgehead atoms. The largest absolute Gasteiger partial charge is 0.497 e. The van der Waals surface area contributed by atoms with Crippen LogP contribution in [-0.2, 0) is 47.1 Å². The molecular formula is C47H50ClN8O10S2+. The zero-order chi connectivity index (χ0) is 48.1. The van der Waals surface area contributed by atoms with Crippen molar-refractivity contribution < 1.29 is 52.6 Å². The molecule has 18 nitrogen and oxygen atoms in total. The lowest BCUT2D eigenvalue weighted by Gasteiger charge is -2.47. The number of thiazole rings is 1. The highest BCUT2D eigenvalue weighted by molar-refractivity contribution is 8.00. The first-order valence-electron chi connectivity index (χ1n) is 21.6. The van der Waals surface area contributed by atoms with Gasteiger partial charge in [-0.3, -0.25) is 25.0 Å². The molecule has 21 heteroatoms. The summed E-state index contributed by atoms with van der Waals surface area (Å²) < 4.78 is 32.5. The average molecular weight is 987 g/mol. The molecule has 0 radical (unpaired) electrons. The van der Waals surface area contributed by atoms with E-state index in [0.29, 0.717) is 36.2 Å². The Morgan fingerprint density at radius 1 is 0.956 bits per heavy atom. The summed E-state index contributed by atoms with van der Waals surface area (Å²) >= 11 is 9.55. The van der Waals surface area contributed by atoms with Gasteiger partial charge in [-0.1, -0.05) is 41.0 Å². The number of nitrogens with zero attached hydrogens (tertiary/aromatic N) is 5. The molecular weight excluding hydrogens is 936 g/mol. The molecule has 2 atom stereocenters. The van der Waals surface area contributed by atoms with Crippen molar-refractivity contribution in [3.05, 3.63) is 117 Å². The van der Waals surface area contributed by atoms with Gasteiger partial charge in [-0.15, -0.1) is 23.1 Å². The van der Waals surface area contributed by atoms with E-state index >= 15 is 0 Å². The molecule has 1 fully saturated rings. The van der Waals surface area contributed by atoms with Crippen LogP contribution in [-0.4, -0.2) is 86.2 Å². The SMILES string of the molecule is COc1ccc(COc2ccc(C(=O)Nc3c[n+](CC4=CN5C(=O)[C@@H](NC(=O)/C(=N\O)c6csc(NC(=O)OC(C)(C)C)n6)[C@H]5SC4)c4n3CCCC4)c(Cl)c2OCc2ccc(OC)cc2)cc1. The Balaban J connectivity index is 0.937. The number of β-lactam (4-membered cyclic amide) rings is 1. The third kappa shape index (κ3) is 10.8. The van der Waals surface area contributed by atoms with Crippen molar-refractivity contribution in [2.75, 3.05) is 30.6 Å². The van der Waals surface area contributed by atoms with Crippen molar-refractivity contribution in [2.24, 2.45) is 5.16 Å². The Morgan fingerprint density at radius 2 is 1.65 bits per heavy atom. The number of nitrogens with one attached hydrogen (secondary N) is 3. The fraction of sp³-hybridized carbons (Fsp3) is 0.340. The van der Waals surface area contributed by atoms with Crippen LogP contribution < -0.4 is 39.5 Å². The fourth-order valence-electron chi connectivity index (χ4n) is 7.73. The van der Waals surface area contributed by atoms with Crippen molar-refractivity contribution in [2.45, 2.75) is 83.4 Å². The number of rotatable bonds is 16. The van der Waals surface area contributed by atoms with E-state index in [4.69, 9.17) is 35.3 Å². The number of hydrogen-bond donors (Lipinski definition) is 4. The number of imidazole rings is 1. The van der Waals surface area contributed by atoms with Gasteiger partial charge in [0.2, 0.25) is 5.82 Å². The molecule has 4 amide bonds. The lowest BCUT2D eigenvalue weighted by molar-refractivity contribution is -0.696. The molecule has 3 aliphatic rings. The van der Waals surface area contributed by atoms with Gasteiger partial charge in [0.15, 0.2) is 28.5 Å². The van der Waals surface area contributed by atoms with Gasteiger partial charge in [-0.2, -0.15) is 0 Å². The van der Waals surface area contributed by atoms with E-state index < -0.39 is 35.3 Å². The number of halogens is 1. The second-order valence-electron chi connectivity index (χ2n) is 16.9. The maximum atomic E-state index is 14.1. The highest BCUT2D eigenvalue weighted by Crippen LogP contribution is 2.40. The van der Waals surface area contributed by atoms with Crippen LogP contribution in [0.5, 0.6) is 23.0 Å². The van der Waals surface area contributed by atoms with E-state index in [2.05, 4.69) is 35.2 Å². The minimum absolute atomic E-state index is 0.0125. The number of amides is 4. The summed E-state index contributed by atoms with van der Waals surface area (Å²) in [6.45, 7) is 6.69. The average Bonchev–Trinajstić information content (AvgIpc) is 3.93. The molecule has 1 saturated heterocycles. The number of fused-ring (bicyclic) bond motifs is 2. The molecule has 5 heterocycles. The minimum Gasteiger partial charge on any atom is -0.497 e. The van der Waals surface area contributed by atoms with Gasteiger partial charge in [0.1, 0.15) is 54.0 Å². The molecule has 0 aliphatic carbocycles. The minimum atomic E-state index is -0.869. The summed E-state index contributed by atoms with van der Waals surface area (Å²) in [6.07, 6.45) is 5.67. The summed E-state index contributed by atoms with van der Waals surface area (Å²) in [5.74, 6) is 2.66. The number of carbonyl (C=O) groups excluding carboxylic acids is 4. The Morgan fingerprint density at radius 3 is 2.31 bits per heavy atom. The highest BCUT2D eigenvalue weighted by Gasteiger charge is 2.50. The Labute approximate surface area is 405 Å². The molecule has 356 valence electrons. The van der Waals surface area contributed by atoms with E-state index in [1.807, 2.05) is 60.9 Å². The standard InChI is InChI=1S/C47H49ClN8O10S2/c1-47(2,3)66-46(60)52-45-49-33(26-68-45)38(53-61)42(58)51-39-43(59)56-21-29(25-67-44(39)56)20-54-22-35(55-19-7-6-8-36(54)55)50-41(57)32-17-18-34(64-23-27-9-13-30(62-4)14-10-27)40(37(32)48)65-24-28-11-15-31(63-5)16-12-28/h9-18,21-22,26,39,44H,6-8,19-20,23-25H2,1-5H3,(H3-,49,50,51,52,57,58,60,61)/p+1/t39-,44-/m1/s1. The second kappa shape index (κ2) is 20.6. The van der Waals surface area contributed by atoms with Crippen molar-refractivity contribution >= 4 is 75.2 Å². The predicted molar refractivity (Wildman–Crippen MR) is 255 cm³/mol. The number of benzene rings is 3.